The fourth-order valence-corrected chi connectivity index (χ4v) is 2.44. The van der Waals surface area contributed by atoms with Crippen molar-refractivity contribution < 1.29 is 19.3 Å². The van der Waals surface area contributed by atoms with Crippen LogP contribution in [-0.2, 0) is 10.3 Å². The van der Waals surface area contributed by atoms with Crippen LogP contribution in [0.2, 0.25) is 0 Å². The molecule has 0 unspecified atom stereocenters. The van der Waals surface area contributed by atoms with Gasteiger partial charge in [0.25, 0.3) is 11.2 Å². The van der Waals surface area contributed by atoms with E-state index in [2.05, 4.69) is 0 Å². The Labute approximate surface area is 131 Å². The average molecular weight is 320 g/mol. The van der Waals surface area contributed by atoms with Crippen molar-refractivity contribution in [2.75, 3.05) is 0 Å². The van der Waals surface area contributed by atoms with Crippen LogP contribution in [0.4, 0.5) is 5.69 Å². The Bertz CT molecular complexity index is 813. The van der Waals surface area contributed by atoms with Crippen molar-refractivity contribution in [2.45, 2.75) is 32.7 Å². The van der Waals surface area contributed by atoms with Crippen molar-refractivity contribution >= 4 is 11.5 Å². The molecule has 2 rings (SSSR count). The molecule has 8 heteroatoms. The standard InChI is InChI=1S/C15H16N2O6/c1-9(18)8-15(2,3)16-13(19)12(14(20)23-16)10-4-6-11(7-5-10)17(21)22/h4-7,20H,8H2,1-3H3. The van der Waals surface area contributed by atoms with Gasteiger partial charge in [-0.3, -0.25) is 19.7 Å². The topological polar surface area (TPSA) is 116 Å². The molecule has 0 radical (unpaired) electrons. The number of benzene rings is 1. The highest BCUT2D eigenvalue weighted by molar-refractivity contribution is 5.76. The number of carbonyl (C=O) groups excluding carboxylic acids is 1. The molecule has 0 aliphatic carbocycles. The molecule has 0 bridgehead atoms. The van der Waals surface area contributed by atoms with E-state index in [-0.39, 0.29) is 23.5 Å². The molecule has 8 nitrogen and oxygen atoms in total. The predicted molar refractivity (Wildman–Crippen MR) is 81.3 cm³/mol. The van der Waals surface area contributed by atoms with Gasteiger partial charge in [-0.2, -0.15) is 4.74 Å². The van der Waals surface area contributed by atoms with Crippen LogP contribution in [-0.4, -0.2) is 20.6 Å². The van der Waals surface area contributed by atoms with Crippen LogP contribution in [0.3, 0.4) is 0 Å². The number of aromatic nitrogens is 1. The summed E-state index contributed by atoms with van der Waals surface area (Å²) in [4.78, 5) is 33.9. The molecule has 2 aromatic rings. The molecule has 0 spiro atoms. The lowest BCUT2D eigenvalue weighted by Gasteiger charge is -2.21. The van der Waals surface area contributed by atoms with Crippen molar-refractivity contribution in [1.29, 1.82) is 0 Å². The second-order valence-corrected chi connectivity index (χ2v) is 5.87. The number of nitrogens with zero attached hydrogens (tertiary/aromatic N) is 2. The predicted octanol–water partition coefficient (Wildman–Crippen LogP) is 2.44. The van der Waals surface area contributed by atoms with Crippen molar-refractivity contribution in [3.8, 4) is 17.1 Å². The van der Waals surface area contributed by atoms with E-state index in [0.29, 0.717) is 5.56 Å². The average Bonchev–Trinajstić information content (AvgIpc) is 2.73. The molecule has 1 aromatic heterocycles. The molecule has 23 heavy (non-hydrogen) atoms. The normalized spacial score (nSPS) is 11.4. The SMILES string of the molecule is CC(=O)CC(C)(C)n1oc(O)c(-c2ccc([N+](=O)[O-])cc2)c1=O. The second kappa shape index (κ2) is 5.71. The van der Waals surface area contributed by atoms with E-state index >= 15 is 0 Å². The molecule has 0 saturated carbocycles. The lowest BCUT2D eigenvalue weighted by atomic mass is 9.98. The molecule has 1 N–H and O–H groups in total. The fraction of sp³-hybridized carbons (Fsp3) is 0.333. The Kier molecular flexibility index (Phi) is 4.09. The number of Topliss-reactive ketones (excluding diaryl/α,β-unsaturated/α-hetero) is 1. The molecule has 0 atom stereocenters. The number of carbonyl (C=O) groups is 1. The van der Waals surface area contributed by atoms with Gasteiger partial charge in [-0.1, -0.05) is 0 Å². The third kappa shape index (κ3) is 3.15. The summed E-state index contributed by atoms with van der Waals surface area (Å²) in [6, 6.07) is 5.16. The Morgan fingerprint density at radius 2 is 1.91 bits per heavy atom. The summed E-state index contributed by atoms with van der Waals surface area (Å²) in [6.45, 7) is 4.67. The van der Waals surface area contributed by atoms with Crippen molar-refractivity contribution in [3.63, 3.8) is 0 Å². The largest absolute Gasteiger partial charge is 0.479 e. The van der Waals surface area contributed by atoms with Crippen LogP contribution >= 0.6 is 0 Å². The maximum Gasteiger partial charge on any atom is 0.318 e. The summed E-state index contributed by atoms with van der Waals surface area (Å²) < 4.78 is 6.06. The van der Waals surface area contributed by atoms with Crippen LogP contribution in [0.5, 0.6) is 5.95 Å². The molecule has 0 amide bonds. The number of hydrogen-bond acceptors (Lipinski definition) is 6. The molecule has 0 fully saturated rings. The highest BCUT2D eigenvalue weighted by Crippen LogP contribution is 2.30. The third-order valence-electron chi connectivity index (χ3n) is 3.39. The molecular formula is C15H16N2O6. The van der Waals surface area contributed by atoms with Gasteiger partial charge in [0, 0.05) is 18.6 Å². The van der Waals surface area contributed by atoms with Gasteiger partial charge in [0.15, 0.2) is 0 Å². The van der Waals surface area contributed by atoms with Gasteiger partial charge in [0.05, 0.1) is 10.5 Å². The molecular weight excluding hydrogens is 304 g/mol. The van der Waals surface area contributed by atoms with Crippen molar-refractivity contribution in [2.24, 2.45) is 0 Å². The van der Waals surface area contributed by atoms with Gasteiger partial charge in [-0.15, -0.1) is 0 Å². The van der Waals surface area contributed by atoms with Crippen molar-refractivity contribution in [1.82, 2.24) is 4.74 Å². The fourth-order valence-electron chi connectivity index (χ4n) is 2.44. The lowest BCUT2D eigenvalue weighted by molar-refractivity contribution is -0.384. The zero-order valence-electron chi connectivity index (χ0n) is 12.9. The van der Waals surface area contributed by atoms with Gasteiger partial charge >= 0.3 is 5.95 Å². The summed E-state index contributed by atoms with van der Waals surface area (Å²) in [7, 11) is 0. The monoisotopic (exact) mass is 320 g/mol. The molecule has 1 heterocycles. The van der Waals surface area contributed by atoms with Crippen LogP contribution in [0.25, 0.3) is 11.1 Å². The first kappa shape index (κ1) is 16.5. The molecule has 122 valence electrons. The summed E-state index contributed by atoms with van der Waals surface area (Å²) >= 11 is 0. The van der Waals surface area contributed by atoms with E-state index in [1.54, 1.807) is 13.8 Å². The number of nitro groups is 1. The van der Waals surface area contributed by atoms with E-state index in [9.17, 15) is 24.8 Å². The second-order valence-electron chi connectivity index (χ2n) is 5.87. The van der Waals surface area contributed by atoms with Gasteiger partial charge in [0.1, 0.15) is 11.3 Å². The number of ketones is 1. The Morgan fingerprint density at radius 3 is 2.39 bits per heavy atom. The quantitative estimate of drug-likeness (QED) is 0.668. The highest BCUT2D eigenvalue weighted by Gasteiger charge is 2.30. The van der Waals surface area contributed by atoms with Crippen molar-refractivity contribution in [3.05, 3.63) is 44.7 Å². The van der Waals surface area contributed by atoms with E-state index in [1.165, 1.54) is 31.2 Å². The number of rotatable bonds is 5. The highest BCUT2D eigenvalue weighted by atomic mass is 16.6. The summed E-state index contributed by atoms with van der Waals surface area (Å²) in [6.07, 6.45) is 0.0551. The third-order valence-corrected chi connectivity index (χ3v) is 3.39. The van der Waals surface area contributed by atoms with E-state index in [1.807, 2.05) is 0 Å². The summed E-state index contributed by atoms with van der Waals surface area (Å²) in [5.41, 5.74) is -1.49. The first-order valence-corrected chi connectivity index (χ1v) is 6.83. The first-order chi connectivity index (χ1) is 10.6. The Balaban J connectivity index is 2.52. The minimum absolute atomic E-state index is 0.0551. The number of non-ortho nitro benzene ring substituents is 1. The lowest BCUT2D eigenvalue weighted by Crippen LogP contribution is -2.35. The Hall–Kier alpha value is -2.90. The minimum atomic E-state index is -0.945. The van der Waals surface area contributed by atoms with Gasteiger partial charge < -0.3 is 9.63 Å². The van der Waals surface area contributed by atoms with Crippen LogP contribution < -0.4 is 5.56 Å². The molecule has 0 aliphatic heterocycles. The zero-order valence-corrected chi connectivity index (χ0v) is 12.9. The van der Waals surface area contributed by atoms with Crippen LogP contribution in [0, 0.1) is 10.1 Å². The first-order valence-electron chi connectivity index (χ1n) is 6.83. The Morgan fingerprint density at radius 1 is 1.35 bits per heavy atom. The number of nitro benzene ring substituents is 1. The smallest absolute Gasteiger partial charge is 0.318 e. The van der Waals surface area contributed by atoms with E-state index in [4.69, 9.17) is 4.52 Å². The maximum atomic E-state index is 12.5. The number of hydrogen-bond donors (Lipinski definition) is 1. The van der Waals surface area contributed by atoms with E-state index in [0.717, 1.165) is 4.74 Å². The van der Waals surface area contributed by atoms with Gasteiger partial charge in [0.2, 0.25) is 0 Å². The van der Waals surface area contributed by atoms with Crippen LogP contribution in [0.1, 0.15) is 27.2 Å². The summed E-state index contributed by atoms with van der Waals surface area (Å²) in [5.74, 6) is -0.727. The molecule has 0 saturated heterocycles. The minimum Gasteiger partial charge on any atom is -0.479 e. The maximum absolute atomic E-state index is 12.5. The number of aromatic hydroxyl groups is 1. The zero-order chi connectivity index (χ0) is 17.4. The van der Waals surface area contributed by atoms with Gasteiger partial charge in [-0.05, 0) is 38.5 Å². The molecule has 0 aliphatic rings. The molecule has 1 aromatic carbocycles. The van der Waals surface area contributed by atoms with E-state index < -0.39 is 22.0 Å². The van der Waals surface area contributed by atoms with Crippen LogP contribution in [0.15, 0.2) is 33.6 Å². The van der Waals surface area contributed by atoms with Gasteiger partial charge in [-0.25, -0.2) is 0 Å². The summed E-state index contributed by atoms with van der Waals surface area (Å²) in [5, 5.41) is 20.6.